The van der Waals surface area contributed by atoms with Gasteiger partial charge in [-0.3, -0.25) is 4.72 Å². The van der Waals surface area contributed by atoms with Gasteiger partial charge in [0.15, 0.2) is 0 Å². The lowest BCUT2D eigenvalue weighted by Gasteiger charge is -2.09. The van der Waals surface area contributed by atoms with E-state index < -0.39 is 33.2 Å². The summed E-state index contributed by atoms with van der Waals surface area (Å²) in [6, 6.07) is 7.40. The topological polar surface area (TPSA) is 46.2 Å². The fourth-order valence-corrected chi connectivity index (χ4v) is 2.78. The Morgan fingerprint density at radius 1 is 0.900 bits per heavy atom. The minimum Gasteiger partial charge on any atom is -0.280 e. The number of hydrogen-bond acceptors (Lipinski definition) is 2. The summed E-state index contributed by atoms with van der Waals surface area (Å²) >= 11 is 0. The van der Waals surface area contributed by atoms with E-state index in [0.717, 1.165) is 24.3 Å². The Morgan fingerprint density at radius 2 is 1.50 bits per heavy atom. The molecule has 0 aliphatic rings. The zero-order chi connectivity index (χ0) is 14.8. The van der Waals surface area contributed by atoms with Crippen LogP contribution in [-0.4, -0.2) is 8.42 Å². The molecule has 0 atom stereocenters. The minimum absolute atomic E-state index is 0.339. The van der Waals surface area contributed by atoms with Gasteiger partial charge >= 0.3 is 0 Å². The van der Waals surface area contributed by atoms with Crippen LogP contribution in [0.4, 0.5) is 18.9 Å². The second-order valence-electron chi connectivity index (χ2n) is 4.11. The van der Waals surface area contributed by atoms with Crippen molar-refractivity contribution in [3.05, 3.63) is 65.5 Å². The standard InChI is InChI=1S/C13H10F3NO2S/c14-10-3-1-9(2-4-10)8-20(18,19)17-13-6-5-11(15)7-12(13)16/h1-7,17H,8H2. The molecule has 0 fully saturated rings. The lowest BCUT2D eigenvalue weighted by Crippen LogP contribution is -2.16. The van der Waals surface area contributed by atoms with Gasteiger partial charge in [-0.15, -0.1) is 0 Å². The Balaban J connectivity index is 2.17. The van der Waals surface area contributed by atoms with Crippen molar-refractivity contribution in [3.63, 3.8) is 0 Å². The summed E-state index contributed by atoms with van der Waals surface area (Å²) in [5.41, 5.74) is 0.00920. The van der Waals surface area contributed by atoms with Crippen molar-refractivity contribution in [2.45, 2.75) is 5.75 Å². The number of sulfonamides is 1. The molecule has 3 nitrogen and oxygen atoms in total. The molecule has 20 heavy (non-hydrogen) atoms. The van der Waals surface area contributed by atoms with Crippen LogP contribution in [0.15, 0.2) is 42.5 Å². The largest absolute Gasteiger partial charge is 0.280 e. The highest BCUT2D eigenvalue weighted by molar-refractivity contribution is 7.91. The summed E-state index contributed by atoms with van der Waals surface area (Å²) in [4.78, 5) is 0. The maximum absolute atomic E-state index is 13.4. The summed E-state index contributed by atoms with van der Waals surface area (Å²) in [6.07, 6.45) is 0. The van der Waals surface area contributed by atoms with Gasteiger partial charge in [-0.2, -0.15) is 0 Å². The molecule has 0 aliphatic carbocycles. The molecule has 2 aromatic carbocycles. The first kappa shape index (κ1) is 14.4. The Bertz CT molecular complexity index is 715. The monoisotopic (exact) mass is 301 g/mol. The first-order valence-electron chi connectivity index (χ1n) is 5.56. The van der Waals surface area contributed by atoms with Crippen LogP contribution < -0.4 is 4.72 Å². The van der Waals surface area contributed by atoms with E-state index in [1.165, 1.54) is 12.1 Å². The van der Waals surface area contributed by atoms with Crippen LogP contribution in [0, 0.1) is 17.5 Å². The van der Waals surface area contributed by atoms with Gasteiger partial charge in [0.1, 0.15) is 17.5 Å². The Kier molecular flexibility index (Phi) is 3.99. The highest BCUT2D eigenvalue weighted by Gasteiger charge is 2.14. The summed E-state index contributed by atoms with van der Waals surface area (Å²) in [6.45, 7) is 0. The zero-order valence-electron chi connectivity index (χ0n) is 10.1. The smallest absolute Gasteiger partial charge is 0.237 e. The highest BCUT2D eigenvalue weighted by Crippen LogP contribution is 2.18. The molecule has 1 N–H and O–H groups in total. The van der Waals surface area contributed by atoms with Crippen LogP contribution in [0.25, 0.3) is 0 Å². The number of nitrogens with one attached hydrogen (secondary N) is 1. The van der Waals surface area contributed by atoms with Gasteiger partial charge in [-0.1, -0.05) is 12.1 Å². The van der Waals surface area contributed by atoms with Gasteiger partial charge in [0.05, 0.1) is 11.4 Å². The lowest BCUT2D eigenvalue weighted by molar-refractivity contribution is 0.582. The molecule has 2 rings (SSSR count). The second-order valence-corrected chi connectivity index (χ2v) is 5.83. The third-order valence-corrected chi connectivity index (χ3v) is 3.71. The van der Waals surface area contributed by atoms with E-state index in [2.05, 4.69) is 0 Å². The highest BCUT2D eigenvalue weighted by atomic mass is 32.2. The molecule has 0 heterocycles. The van der Waals surface area contributed by atoms with E-state index in [1.54, 1.807) is 0 Å². The molecule has 0 amide bonds. The van der Waals surface area contributed by atoms with Gasteiger partial charge in [0.25, 0.3) is 0 Å². The van der Waals surface area contributed by atoms with E-state index in [1.807, 2.05) is 4.72 Å². The Labute approximate surface area is 114 Å². The van der Waals surface area contributed by atoms with Gasteiger partial charge in [-0.25, -0.2) is 21.6 Å². The Morgan fingerprint density at radius 3 is 2.10 bits per heavy atom. The van der Waals surface area contributed by atoms with Crippen LogP contribution >= 0.6 is 0 Å². The van der Waals surface area contributed by atoms with E-state index in [0.29, 0.717) is 11.6 Å². The van der Waals surface area contributed by atoms with Crippen LogP contribution in [0.3, 0.4) is 0 Å². The molecule has 7 heteroatoms. The maximum Gasteiger partial charge on any atom is 0.237 e. The van der Waals surface area contributed by atoms with Crippen molar-refractivity contribution in [1.29, 1.82) is 0 Å². The lowest BCUT2D eigenvalue weighted by atomic mass is 10.2. The van der Waals surface area contributed by atoms with Gasteiger partial charge in [0.2, 0.25) is 10.0 Å². The fraction of sp³-hybridized carbons (Fsp3) is 0.0769. The number of anilines is 1. The molecule has 0 saturated heterocycles. The molecule has 0 bridgehead atoms. The van der Waals surface area contributed by atoms with Crippen LogP contribution in [0.1, 0.15) is 5.56 Å². The van der Waals surface area contributed by atoms with E-state index in [-0.39, 0.29) is 5.69 Å². The number of benzene rings is 2. The molecular weight excluding hydrogens is 291 g/mol. The van der Waals surface area contributed by atoms with Crippen molar-refractivity contribution in [2.75, 3.05) is 4.72 Å². The summed E-state index contributed by atoms with van der Waals surface area (Å²) in [7, 11) is -3.87. The molecule has 0 radical (unpaired) electrons. The van der Waals surface area contributed by atoms with Crippen LogP contribution in [0.5, 0.6) is 0 Å². The van der Waals surface area contributed by atoms with E-state index in [4.69, 9.17) is 0 Å². The van der Waals surface area contributed by atoms with Crippen molar-refractivity contribution in [1.82, 2.24) is 0 Å². The first-order valence-corrected chi connectivity index (χ1v) is 7.21. The maximum atomic E-state index is 13.4. The normalized spacial score (nSPS) is 11.3. The fourth-order valence-electron chi connectivity index (χ4n) is 1.58. The molecule has 106 valence electrons. The van der Waals surface area contributed by atoms with Crippen molar-refractivity contribution >= 4 is 15.7 Å². The first-order chi connectivity index (χ1) is 9.35. The predicted molar refractivity (Wildman–Crippen MR) is 69.0 cm³/mol. The molecular formula is C13H10F3NO2S. The van der Waals surface area contributed by atoms with Gasteiger partial charge in [0, 0.05) is 6.07 Å². The number of halogens is 3. The average Bonchev–Trinajstić information content (AvgIpc) is 2.35. The SMILES string of the molecule is O=S(=O)(Cc1ccc(F)cc1)Nc1ccc(F)cc1F. The predicted octanol–water partition coefficient (Wildman–Crippen LogP) is 3.05. The summed E-state index contributed by atoms with van der Waals surface area (Å²) in [5.74, 6) is -2.73. The van der Waals surface area contributed by atoms with Gasteiger partial charge < -0.3 is 0 Å². The molecule has 2 aromatic rings. The summed E-state index contributed by atoms with van der Waals surface area (Å²) < 4.78 is 64.4. The van der Waals surface area contributed by atoms with E-state index >= 15 is 0 Å². The quantitative estimate of drug-likeness (QED) is 0.943. The second kappa shape index (κ2) is 5.54. The minimum atomic E-state index is -3.87. The molecule has 0 spiro atoms. The van der Waals surface area contributed by atoms with E-state index in [9.17, 15) is 21.6 Å². The molecule has 0 aliphatic heterocycles. The molecule has 0 aromatic heterocycles. The average molecular weight is 301 g/mol. The van der Waals surface area contributed by atoms with Crippen LogP contribution in [-0.2, 0) is 15.8 Å². The number of rotatable bonds is 4. The third-order valence-electron chi connectivity index (χ3n) is 2.47. The summed E-state index contributed by atoms with van der Waals surface area (Å²) in [5, 5.41) is 0. The molecule has 0 saturated carbocycles. The third kappa shape index (κ3) is 3.74. The van der Waals surface area contributed by atoms with Crippen LogP contribution in [0.2, 0.25) is 0 Å². The van der Waals surface area contributed by atoms with Crippen molar-refractivity contribution < 1.29 is 21.6 Å². The van der Waals surface area contributed by atoms with Gasteiger partial charge in [-0.05, 0) is 29.8 Å². The van der Waals surface area contributed by atoms with Crippen molar-refractivity contribution in [2.24, 2.45) is 0 Å². The number of hydrogen-bond donors (Lipinski definition) is 1. The van der Waals surface area contributed by atoms with Crippen molar-refractivity contribution in [3.8, 4) is 0 Å². The molecule has 0 unspecified atom stereocenters. The Hall–Kier alpha value is -2.02. The zero-order valence-corrected chi connectivity index (χ0v) is 10.9.